The summed E-state index contributed by atoms with van der Waals surface area (Å²) in [7, 11) is -3.47. The Hall–Kier alpha value is -1.07. The predicted octanol–water partition coefficient (Wildman–Crippen LogP) is 3.26. The third kappa shape index (κ3) is 2.69. The summed E-state index contributed by atoms with van der Waals surface area (Å²) in [6.45, 7) is 0. The maximum absolute atomic E-state index is 12.6. The molecule has 2 aromatic carbocycles. The van der Waals surface area contributed by atoms with Crippen LogP contribution in [0.25, 0.3) is 0 Å². The Morgan fingerprint density at radius 3 is 2.24 bits per heavy atom. The number of halogens is 2. The molecule has 0 amide bonds. The topological polar surface area (TPSA) is 60.2 Å². The molecular formula is C15H13Cl2NO2S. The summed E-state index contributed by atoms with van der Waals surface area (Å²) in [5, 5.41) is 0.465. The number of rotatable bonds is 3. The first kappa shape index (κ1) is 14.9. The van der Waals surface area contributed by atoms with Crippen molar-refractivity contribution >= 4 is 33.0 Å². The van der Waals surface area contributed by atoms with Gasteiger partial charge >= 0.3 is 0 Å². The number of benzene rings is 2. The van der Waals surface area contributed by atoms with Crippen LogP contribution in [0.3, 0.4) is 0 Å². The first-order chi connectivity index (χ1) is 9.91. The van der Waals surface area contributed by atoms with Crippen molar-refractivity contribution in [2.45, 2.75) is 22.1 Å². The molecule has 3 nitrogen and oxygen atoms in total. The molecular weight excluding hydrogens is 329 g/mol. The fourth-order valence-electron chi connectivity index (χ4n) is 2.61. The van der Waals surface area contributed by atoms with E-state index in [-0.39, 0.29) is 10.8 Å². The highest BCUT2D eigenvalue weighted by Crippen LogP contribution is 2.47. The largest absolute Gasteiger partial charge is 0.326 e. The maximum atomic E-state index is 12.6. The van der Waals surface area contributed by atoms with E-state index in [1.54, 1.807) is 30.3 Å². The molecule has 1 aliphatic rings. The molecule has 2 N–H and O–H groups in total. The predicted molar refractivity (Wildman–Crippen MR) is 84.6 cm³/mol. The molecule has 0 heterocycles. The van der Waals surface area contributed by atoms with Crippen molar-refractivity contribution < 1.29 is 8.42 Å². The quantitative estimate of drug-likeness (QED) is 0.931. The summed E-state index contributed by atoms with van der Waals surface area (Å²) in [6.07, 6.45) is 0. The van der Waals surface area contributed by atoms with E-state index in [2.05, 4.69) is 0 Å². The zero-order valence-corrected chi connectivity index (χ0v) is 13.2. The molecule has 0 aromatic heterocycles. The molecule has 3 atom stereocenters. The molecule has 0 bridgehead atoms. The highest BCUT2D eigenvalue weighted by molar-refractivity contribution is 7.92. The zero-order chi connectivity index (χ0) is 15.2. The van der Waals surface area contributed by atoms with Gasteiger partial charge in [0, 0.05) is 22.0 Å². The second-order valence-corrected chi connectivity index (χ2v) is 8.10. The van der Waals surface area contributed by atoms with Crippen LogP contribution in [0.2, 0.25) is 10.0 Å². The van der Waals surface area contributed by atoms with Gasteiger partial charge in [-0.05, 0) is 42.0 Å². The fraction of sp³-hybridized carbons (Fsp3) is 0.200. The van der Waals surface area contributed by atoms with Crippen LogP contribution in [0.15, 0.2) is 53.4 Å². The highest BCUT2D eigenvalue weighted by Gasteiger charge is 2.57. The van der Waals surface area contributed by atoms with Crippen molar-refractivity contribution in [3.05, 3.63) is 64.1 Å². The van der Waals surface area contributed by atoms with E-state index in [9.17, 15) is 8.42 Å². The van der Waals surface area contributed by atoms with Crippen molar-refractivity contribution in [3.63, 3.8) is 0 Å². The van der Waals surface area contributed by atoms with Crippen LogP contribution >= 0.6 is 23.2 Å². The summed E-state index contributed by atoms with van der Waals surface area (Å²) in [5.41, 5.74) is 6.86. The molecule has 0 aliphatic heterocycles. The van der Waals surface area contributed by atoms with Gasteiger partial charge < -0.3 is 5.73 Å². The lowest BCUT2D eigenvalue weighted by molar-refractivity contribution is 0.593. The number of sulfone groups is 1. The Bertz CT molecular complexity index is 775. The van der Waals surface area contributed by atoms with E-state index >= 15 is 0 Å². The van der Waals surface area contributed by atoms with E-state index in [1.807, 2.05) is 6.07 Å². The Morgan fingerprint density at radius 2 is 1.62 bits per heavy atom. The van der Waals surface area contributed by atoms with Gasteiger partial charge in [0.15, 0.2) is 9.84 Å². The smallest absolute Gasteiger partial charge is 0.183 e. The minimum atomic E-state index is -3.47. The van der Waals surface area contributed by atoms with E-state index < -0.39 is 21.1 Å². The first-order valence-corrected chi connectivity index (χ1v) is 8.72. The lowest BCUT2D eigenvalue weighted by Crippen LogP contribution is -2.15. The molecule has 0 spiro atoms. The molecule has 1 saturated carbocycles. The maximum Gasteiger partial charge on any atom is 0.183 e. The molecule has 2 aromatic rings. The van der Waals surface area contributed by atoms with Crippen molar-refractivity contribution in [1.29, 1.82) is 0 Å². The van der Waals surface area contributed by atoms with E-state index in [4.69, 9.17) is 28.9 Å². The molecule has 6 heteroatoms. The SMILES string of the molecule is N[C@@H]1[C@H](c2cccc(Cl)c2)[C@@H]1S(=O)(=O)c1ccc(Cl)cc1. The van der Waals surface area contributed by atoms with Gasteiger partial charge in [-0.3, -0.25) is 0 Å². The molecule has 0 unspecified atom stereocenters. The Kier molecular flexibility index (Phi) is 3.74. The molecule has 0 radical (unpaired) electrons. The van der Waals surface area contributed by atoms with Crippen molar-refractivity contribution in [2.75, 3.05) is 0 Å². The highest BCUT2D eigenvalue weighted by atomic mass is 35.5. The third-order valence-electron chi connectivity index (χ3n) is 3.74. The summed E-state index contributed by atoms with van der Waals surface area (Å²) >= 11 is 11.7. The number of hydrogen-bond acceptors (Lipinski definition) is 3. The van der Waals surface area contributed by atoms with Gasteiger partial charge in [0.2, 0.25) is 0 Å². The summed E-state index contributed by atoms with van der Waals surface area (Å²) in [4.78, 5) is 0.247. The fourth-order valence-corrected chi connectivity index (χ4v) is 4.98. The molecule has 0 saturated heterocycles. The van der Waals surface area contributed by atoms with E-state index in [0.29, 0.717) is 10.0 Å². The van der Waals surface area contributed by atoms with Gasteiger partial charge in [0.1, 0.15) is 0 Å². The minimum Gasteiger partial charge on any atom is -0.326 e. The molecule has 110 valence electrons. The van der Waals surface area contributed by atoms with Gasteiger partial charge in [-0.25, -0.2) is 8.42 Å². The van der Waals surface area contributed by atoms with Crippen LogP contribution in [-0.2, 0) is 9.84 Å². The summed E-state index contributed by atoms with van der Waals surface area (Å²) in [5.74, 6) is -0.218. The van der Waals surface area contributed by atoms with E-state index in [1.165, 1.54) is 12.1 Å². The molecule has 3 rings (SSSR count). The normalized spacial score (nSPS) is 24.8. The monoisotopic (exact) mass is 341 g/mol. The lowest BCUT2D eigenvalue weighted by atomic mass is 10.1. The van der Waals surface area contributed by atoms with Crippen molar-refractivity contribution in [1.82, 2.24) is 0 Å². The van der Waals surface area contributed by atoms with Crippen molar-refractivity contribution in [3.8, 4) is 0 Å². The minimum absolute atomic E-state index is 0.218. The second kappa shape index (κ2) is 5.29. The Labute approximate surface area is 133 Å². The Balaban J connectivity index is 1.93. The van der Waals surface area contributed by atoms with Gasteiger partial charge in [-0.1, -0.05) is 35.3 Å². The molecule has 1 aliphatic carbocycles. The van der Waals surface area contributed by atoms with Crippen LogP contribution in [0.1, 0.15) is 11.5 Å². The average Bonchev–Trinajstić information content (AvgIpc) is 3.12. The van der Waals surface area contributed by atoms with Crippen molar-refractivity contribution in [2.24, 2.45) is 5.73 Å². The average molecular weight is 342 g/mol. The van der Waals surface area contributed by atoms with Gasteiger partial charge in [0.25, 0.3) is 0 Å². The standard InChI is InChI=1S/C15H13Cl2NO2S/c16-10-4-6-12(7-5-10)21(19,20)15-13(14(15)18)9-2-1-3-11(17)8-9/h1-8,13-15H,18H2/t13-,14+,15-/m0/s1. The van der Waals surface area contributed by atoms with Crippen LogP contribution < -0.4 is 5.73 Å². The number of hydrogen-bond donors (Lipinski definition) is 1. The van der Waals surface area contributed by atoms with Crippen LogP contribution in [0.5, 0.6) is 0 Å². The first-order valence-electron chi connectivity index (χ1n) is 6.42. The van der Waals surface area contributed by atoms with Crippen LogP contribution in [0.4, 0.5) is 0 Å². The third-order valence-corrected chi connectivity index (χ3v) is 6.48. The lowest BCUT2D eigenvalue weighted by Gasteiger charge is -2.04. The molecule has 1 fully saturated rings. The summed E-state index contributed by atoms with van der Waals surface area (Å²) < 4.78 is 25.3. The van der Waals surface area contributed by atoms with E-state index in [0.717, 1.165) is 5.56 Å². The van der Waals surface area contributed by atoms with Gasteiger partial charge in [-0.2, -0.15) is 0 Å². The number of nitrogens with two attached hydrogens (primary N) is 1. The van der Waals surface area contributed by atoms with Gasteiger partial charge in [0.05, 0.1) is 10.1 Å². The second-order valence-electron chi connectivity index (χ2n) is 5.12. The van der Waals surface area contributed by atoms with Gasteiger partial charge in [-0.15, -0.1) is 0 Å². The molecule has 21 heavy (non-hydrogen) atoms. The Morgan fingerprint density at radius 1 is 0.952 bits per heavy atom. The van der Waals surface area contributed by atoms with Crippen LogP contribution in [0, 0.1) is 0 Å². The van der Waals surface area contributed by atoms with Crippen LogP contribution in [-0.4, -0.2) is 19.7 Å². The summed E-state index contributed by atoms with van der Waals surface area (Å²) in [6, 6.07) is 12.9. The zero-order valence-electron chi connectivity index (χ0n) is 10.9.